The number of rotatable bonds is 7. The van der Waals surface area contributed by atoms with E-state index < -0.39 is 5.50 Å². The average molecular weight is 494 g/mol. The number of nitrogens with zero attached hydrogens (tertiary/aromatic N) is 2. The maximum atomic E-state index is 12.6. The van der Waals surface area contributed by atoms with Crippen molar-refractivity contribution in [3.05, 3.63) is 70.2 Å². The summed E-state index contributed by atoms with van der Waals surface area (Å²) >= 11 is 18.9. The fourth-order valence-electron chi connectivity index (χ4n) is 4.14. The first-order valence-corrected chi connectivity index (χ1v) is 12.1. The van der Waals surface area contributed by atoms with E-state index >= 15 is 0 Å². The average Bonchev–Trinajstić information content (AvgIpc) is 3.21. The van der Waals surface area contributed by atoms with Crippen molar-refractivity contribution < 1.29 is 4.79 Å². The molecule has 0 aliphatic carbocycles. The molecule has 4 rings (SSSR count). The van der Waals surface area contributed by atoms with Gasteiger partial charge in [0.05, 0.1) is 21.7 Å². The summed E-state index contributed by atoms with van der Waals surface area (Å²) in [5, 5.41) is 7.45. The Morgan fingerprint density at radius 1 is 1.03 bits per heavy atom. The number of amides is 1. The summed E-state index contributed by atoms with van der Waals surface area (Å²) in [7, 11) is 0. The Labute approximate surface area is 204 Å². The Bertz CT molecular complexity index is 961. The third-order valence-electron chi connectivity index (χ3n) is 5.94. The van der Waals surface area contributed by atoms with Gasteiger partial charge in [0, 0.05) is 38.4 Å². The van der Waals surface area contributed by atoms with Crippen LogP contribution in [0.4, 0.5) is 5.69 Å². The van der Waals surface area contributed by atoms with Crippen molar-refractivity contribution in [2.24, 2.45) is 5.92 Å². The summed E-state index contributed by atoms with van der Waals surface area (Å²) in [4.78, 5) is 17.3. The normalized spacial score (nSPS) is 21.2. The molecule has 0 radical (unpaired) electrons. The van der Waals surface area contributed by atoms with Crippen molar-refractivity contribution in [3.8, 4) is 0 Å². The topological polar surface area (TPSA) is 47.6 Å². The second-order valence-corrected chi connectivity index (χ2v) is 9.32. The third-order valence-corrected chi connectivity index (χ3v) is 7.13. The summed E-state index contributed by atoms with van der Waals surface area (Å²) in [5.74, 6) is -0.415. The van der Waals surface area contributed by atoms with Gasteiger partial charge in [0.1, 0.15) is 5.50 Å². The first-order valence-electron chi connectivity index (χ1n) is 10.9. The molecule has 5 nitrogen and oxygen atoms in total. The molecule has 0 aromatic heterocycles. The van der Waals surface area contributed by atoms with Gasteiger partial charge in [0.25, 0.3) is 0 Å². The van der Waals surface area contributed by atoms with Gasteiger partial charge in [-0.25, -0.2) is 0 Å². The minimum absolute atomic E-state index is 0.0381. The molecule has 1 saturated heterocycles. The van der Waals surface area contributed by atoms with Crippen LogP contribution in [0.2, 0.25) is 10.0 Å². The Morgan fingerprint density at radius 3 is 2.53 bits per heavy atom. The van der Waals surface area contributed by atoms with Gasteiger partial charge >= 0.3 is 0 Å². The van der Waals surface area contributed by atoms with E-state index in [2.05, 4.69) is 20.4 Å². The lowest BCUT2D eigenvalue weighted by Gasteiger charge is -2.36. The van der Waals surface area contributed by atoms with Crippen LogP contribution in [0, 0.1) is 5.92 Å². The molecule has 2 aliphatic rings. The van der Waals surface area contributed by atoms with E-state index in [4.69, 9.17) is 34.8 Å². The molecule has 32 heavy (non-hydrogen) atoms. The summed E-state index contributed by atoms with van der Waals surface area (Å²) in [6.45, 7) is 5.29. The minimum Gasteiger partial charge on any atom is -0.368 e. The molecule has 170 valence electrons. The zero-order valence-corrected chi connectivity index (χ0v) is 20.0. The molecule has 0 spiro atoms. The second-order valence-electron chi connectivity index (χ2n) is 8.06. The van der Waals surface area contributed by atoms with Crippen LogP contribution in [0.5, 0.6) is 0 Å². The van der Waals surface area contributed by atoms with Crippen LogP contribution in [-0.4, -0.2) is 55.6 Å². The van der Waals surface area contributed by atoms with Crippen LogP contribution >= 0.6 is 34.8 Å². The Morgan fingerprint density at radius 2 is 1.78 bits per heavy atom. The SMILES string of the molecule is O=C(NCCCN1CCN(c2cccc(Cl)c2Cl)CC1)C1C=C(c2ccccc2)NC1Cl. The van der Waals surface area contributed by atoms with E-state index in [9.17, 15) is 4.79 Å². The highest BCUT2D eigenvalue weighted by Gasteiger charge is 2.31. The molecule has 2 N–H and O–H groups in total. The van der Waals surface area contributed by atoms with E-state index in [1.54, 1.807) is 0 Å². The molecular weight excluding hydrogens is 467 g/mol. The highest BCUT2D eigenvalue weighted by molar-refractivity contribution is 6.43. The number of hydrogen-bond donors (Lipinski definition) is 2. The molecule has 2 heterocycles. The molecule has 0 saturated carbocycles. The van der Waals surface area contributed by atoms with Crippen molar-refractivity contribution in [2.45, 2.75) is 11.9 Å². The van der Waals surface area contributed by atoms with Gasteiger partial charge in [-0.15, -0.1) is 0 Å². The first-order chi connectivity index (χ1) is 15.5. The number of carbonyl (C=O) groups is 1. The van der Waals surface area contributed by atoms with E-state index in [1.165, 1.54) is 0 Å². The molecule has 2 atom stereocenters. The molecule has 1 amide bonds. The van der Waals surface area contributed by atoms with Gasteiger partial charge in [-0.3, -0.25) is 9.69 Å². The van der Waals surface area contributed by atoms with Gasteiger partial charge < -0.3 is 15.5 Å². The Hall–Kier alpha value is -1.92. The van der Waals surface area contributed by atoms with Crippen LogP contribution in [0.25, 0.3) is 5.70 Å². The number of piperazine rings is 1. The van der Waals surface area contributed by atoms with Crippen molar-refractivity contribution in [1.82, 2.24) is 15.5 Å². The van der Waals surface area contributed by atoms with Gasteiger partial charge in [0.2, 0.25) is 5.91 Å². The lowest BCUT2D eigenvalue weighted by atomic mass is 10.1. The standard InChI is InChI=1S/C24H27Cl3N4O/c25-19-8-4-9-21(22(19)26)31-14-12-30(13-15-31)11-5-10-28-24(32)18-16-20(29-23(18)27)17-6-2-1-3-7-17/h1-4,6-9,16,18,23,29H,5,10-15H2,(H,28,32). The van der Waals surface area contributed by atoms with Crippen LogP contribution in [0.1, 0.15) is 12.0 Å². The molecule has 2 aromatic rings. The molecule has 1 fully saturated rings. The summed E-state index contributed by atoms with van der Waals surface area (Å²) in [5.41, 5.74) is 2.50. The third kappa shape index (κ3) is 5.52. The Kier molecular flexibility index (Phi) is 7.84. The number of anilines is 1. The van der Waals surface area contributed by atoms with Gasteiger partial charge in [0.15, 0.2) is 0 Å². The molecule has 2 aromatic carbocycles. The highest BCUT2D eigenvalue weighted by atomic mass is 35.5. The monoisotopic (exact) mass is 492 g/mol. The molecule has 0 bridgehead atoms. The minimum atomic E-state index is -0.434. The number of halogens is 3. The van der Waals surface area contributed by atoms with Crippen LogP contribution in [0.15, 0.2) is 54.6 Å². The molecule has 8 heteroatoms. The second kappa shape index (κ2) is 10.8. The molecule has 2 unspecified atom stereocenters. The van der Waals surface area contributed by atoms with Crippen LogP contribution in [0.3, 0.4) is 0 Å². The fourth-order valence-corrected chi connectivity index (χ4v) is 4.86. The summed E-state index contributed by atoms with van der Waals surface area (Å²) in [6.07, 6.45) is 2.81. The Balaban J connectivity index is 1.19. The van der Waals surface area contributed by atoms with Gasteiger partial charge in [-0.2, -0.15) is 0 Å². The van der Waals surface area contributed by atoms with E-state index in [-0.39, 0.29) is 11.8 Å². The van der Waals surface area contributed by atoms with Crippen molar-refractivity contribution in [3.63, 3.8) is 0 Å². The van der Waals surface area contributed by atoms with Crippen LogP contribution in [-0.2, 0) is 4.79 Å². The predicted octanol–water partition coefficient (Wildman–Crippen LogP) is 4.45. The molecular formula is C24H27Cl3N4O. The van der Waals surface area contributed by atoms with E-state index in [0.29, 0.717) is 16.6 Å². The fraction of sp³-hybridized carbons (Fsp3) is 0.375. The van der Waals surface area contributed by atoms with E-state index in [0.717, 1.165) is 56.1 Å². The summed E-state index contributed by atoms with van der Waals surface area (Å²) < 4.78 is 0. The molecule has 2 aliphatic heterocycles. The number of nitrogens with one attached hydrogen (secondary N) is 2. The number of alkyl halides is 1. The van der Waals surface area contributed by atoms with Gasteiger partial charge in [-0.1, -0.05) is 71.2 Å². The number of carbonyl (C=O) groups excluding carboxylic acids is 1. The lowest BCUT2D eigenvalue weighted by molar-refractivity contribution is -0.123. The van der Waals surface area contributed by atoms with Crippen molar-refractivity contribution >= 4 is 52.1 Å². The largest absolute Gasteiger partial charge is 0.368 e. The van der Waals surface area contributed by atoms with Crippen molar-refractivity contribution in [2.75, 3.05) is 44.2 Å². The van der Waals surface area contributed by atoms with Gasteiger partial charge in [-0.05, 0) is 36.7 Å². The van der Waals surface area contributed by atoms with E-state index in [1.807, 2.05) is 54.6 Å². The quantitative estimate of drug-likeness (QED) is 0.340. The maximum absolute atomic E-state index is 12.6. The summed E-state index contributed by atoms with van der Waals surface area (Å²) in [6, 6.07) is 15.7. The highest BCUT2D eigenvalue weighted by Crippen LogP contribution is 2.33. The predicted molar refractivity (Wildman–Crippen MR) is 133 cm³/mol. The lowest BCUT2D eigenvalue weighted by Crippen LogP contribution is -2.47. The zero-order chi connectivity index (χ0) is 22.5. The van der Waals surface area contributed by atoms with Crippen molar-refractivity contribution in [1.29, 1.82) is 0 Å². The zero-order valence-electron chi connectivity index (χ0n) is 17.7. The number of benzene rings is 2. The van der Waals surface area contributed by atoms with Crippen LogP contribution < -0.4 is 15.5 Å². The smallest absolute Gasteiger partial charge is 0.230 e. The first kappa shape index (κ1) is 23.2. The number of hydrogen-bond acceptors (Lipinski definition) is 4. The maximum Gasteiger partial charge on any atom is 0.230 e.